The van der Waals surface area contributed by atoms with E-state index in [4.69, 9.17) is 16.3 Å². The molecule has 240 valence electrons. The van der Waals surface area contributed by atoms with Crippen molar-refractivity contribution in [2.24, 2.45) is 0 Å². The van der Waals surface area contributed by atoms with Gasteiger partial charge in [-0.2, -0.15) is 0 Å². The Morgan fingerprint density at radius 2 is 1.59 bits per heavy atom. The van der Waals surface area contributed by atoms with Crippen LogP contribution in [0.15, 0.2) is 53.7 Å². The van der Waals surface area contributed by atoms with Crippen LogP contribution >= 0.6 is 23.4 Å². The average Bonchev–Trinajstić information content (AvgIpc) is 3.02. The number of thioether (sulfide) groups is 1. The Hall–Kier alpha value is -2.77. The molecule has 0 aliphatic rings. The van der Waals surface area contributed by atoms with E-state index in [2.05, 4.69) is 93.8 Å². The first-order valence-electron chi connectivity index (χ1n) is 16.0. The zero-order valence-electron chi connectivity index (χ0n) is 27.9. The minimum atomic E-state index is -0.0618. The molecule has 0 aliphatic carbocycles. The van der Waals surface area contributed by atoms with Gasteiger partial charge in [0.25, 0.3) is 5.91 Å². The van der Waals surface area contributed by atoms with Crippen molar-refractivity contribution in [3.63, 3.8) is 0 Å². The third kappa shape index (κ3) is 9.87. The molecule has 0 unspecified atom stereocenters. The van der Waals surface area contributed by atoms with Crippen LogP contribution in [0.4, 0.5) is 5.82 Å². The van der Waals surface area contributed by atoms with E-state index in [1.165, 1.54) is 22.9 Å². The van der Waals surface area contributed by atoms with E-state index in [9.17, 15) is 4.79 Å². The minimum absolute atomic E-state index is 0.0369. The summed E-state index contributed by atoms with van der Waals surface area (Å²) < 4.78 is 6.29. The SMILES string of the molecule is CCN(CC)c1cc(Cl)nc(SCc2ccc(C(=O)NCCCCOc3ccc(C(C)(C)CC)cc3C(C)(C)CC)cc2)n1. The van der Waals surface area contributed by atoms with Crippen LogP contribution in [0.3, 0.4) is 0 Å². The highest BCUT2D eigenvalue weighted by Gasteiger charge is 2.26. The number of aromatic nitrogens is 2. The number of rotatable bonds is 17. The first kappa shape index (κ1) is 35.7. The van der Waals surface area contributed by atoms with Gasteiger partial charge in [-0.25, -0.2) is 9.97 Å². The molecule has 3 aromatic rings. The highest BCUT2D eigenvalue weighted by Crippen LogP contribution is 2.38. The van der Waals surface area contributed by atoms with E-state index in [0.717, 1.165) is 55.9 Å². The van der Waals surface area contributed by atoms with Gasteiger partial charge >= 0.3 is 0 Å². The second-order valence-corrected chi connectivity index (χ2v) is 13.8. The van der Waals surface area contributed by atoms with Crippen LogP contribution in [0.5, 0.6) is 5.75 Å². The summed E-state index contributed by atoms with van der Waals surface area (Å²) in [5, 5.41) is 4.13. The number of benzene rings is 2. The van der Waals surface area contributed by atoms with Gasteiger partial charge in [0.15, 0.2) is 5.16 Å². The number of unbranched alkanes of at least 4 members (excludes halogenated alkanes) is 1. The molecule has 1 aromatic heterocycles. The molecular weight excluding hydrogens is 588 g/mol. The summed E-state index contributed by atoms with van der Waals surface area (Å²) in [6.45, 7) is 20.8. The van der Waals surface area contributed by atoms with Gasteiger partial charge in [0.1, 0.15) is 16.7 Å². The highest BCUT2D eigenvalue weighted by atomic mass is 35.5. The molecule has 1 N–H and O–H groups in total. The first-order valence-corrected chi connectivity index (χ1v) is 17.4. The van der Waals surface area contributed by atoms with Crippen LogP contribution in [-0.4, -0.2) is 42.1 Å². The number of ether oxygens (including phenoxy) is 1. The van der Waals surface area contributed by atoms with E-state index in [-0.39, 0.29) is 16.7 Å². The first-order chi connectivity index (χ1) is 20.9. The predicted molar refractivity (Wildman–Crippen MR) is 187 cm³/mol. The third-order valence-electron chi connectivity index (χ3n) is 8.70. The van der Waals surface area contributed by atoms with Crippen LogP contribution in [0.2, 0.25) is 5.15 Å². The maximum Gasteiger partial charge on any atom is 0.251 e. The fraction of sp³-hybridized carbons (Fsp3) is 0.528. The van der Waals surface area contributed by atoms with Crippen LogP contribution in [0.1, 0.15) is 108 Å². The maximum absolute atomic E-state index is 12.7. The zero-order valence-corrected chi connectivity index (χ0v) is 29.5. The summed E-state index contributed by atoms with van der Waals surface area (Å²) in [5.41, 5.74) is 4.55. The molecule has 0 saturated carbocycles. The van der Waals surface area contributed by atoms with E-state index in [1.807, 2.05) is 24.3 Å². The maximum atomic E-state index is 12.7. The minimum Gasteiger partial charge on any atom is -0.493 e. The Morgan fingerprint density at radius 3 is 2.23 bits per heavy atom. The van der Waals surface area contributed by atoms with E-state index < -0.39 is 0 Å². The van der Waals surface area contributed by atoms with Gasteiger partial charge < -0.3 is 15.0 Å². The lowest BCUT2D eigenvalue weighted by Crippen LogP contribution is -2.24. The number of nitrogens with one attached hydrogen (secondary N) is 1. The van der Waals surface area contributed by atoms with Crippen LogP contribution < -0.4 is 15.0 Å². The molecule has 0 spiro atoms. The number of hydrogen-bond donors (Lipinski definition) is 1. The normalized spacial score (nSPS) is 11.8. The molecule has 0 radical (unpaired) electrons. The largest absolute Gasteiger partial charge is 0.493 e. The zero-order chi connectivity index (χ0) is 32.3. The molecule has 44 heavy (non-hydrogen) atoms. The van der Waals surface area contributed by atoms with E-state index in [0.29, 0.717) is 34.8 Å². The number of carbonyl (C=O) groups is 1. The smallest absolute Gasteiger partial charge is 0.251 e. The predicted octanol–water partition coefficient (Wildman–Crippen LogP) is 9.23. The number of nitrogens with zero attached hydrogens (tertiary/aromatic N) is 3. The quantitative estimate of drug-likeness (QED) is 0.0688. The fourth-order valence-corrected chi connectivity index (χ4v) is 5.81. The lowest BCUT2D eigenvalue weighted by Gasteiger charge is -2.30. The molecule has 8 heteroatoms. The Bertz CT molecular complexity index is 1360. The Balaban J connectivity index is 1.46. The monoisotopic (exact) mass is 638 g/mol. The van der Waals surface area contributed by atoms with Crippen molar-refractivity contribution in [3.05, 3.63) is 75.9 Å². The van der Waals surface area contributed by atoms with Crippen molar-refractivity contribution >= 4 is 35.1 Å². The molecule has 1 heterocycles. The molecule has 0 atom stereocenters. The third-order valence-corrected chi connectivity index (χ3v) is 9.82. The summed E-state index contributed by atoms with van der Waals surface area (Å²) in [7, 11) is 0. The van der Waals surface area contributed by atoms with Crippen LogP contribution in [0.25, 0.3) is 0 Å². The van der Waals surface area contributed by atoms with Crippen molar-refractivity contribution in [2.45, 2.75) is 103 Å². The van der Waals surface area contributed by atoms with Gasteiger partial charge in [-0.1, -0.05) is 89.2 Å². The van der Waals surface area contributed by atoms with Crippen molar-refractivity contribution in [1.82, 2.24) is 15.3 Å². The summed E-state index contributed by atoms with van der Waals surface area (Å²) in [6, 6.07) is 16.2. The molecule has 2 aromatic carbocycles. The van der Waals surface area contributed by atoms with Crippen LogP contribution in [0, 0.1) is 0 Å². The van der Waals surface area contributed by atoms with Crippen molar-refractivity contribution in [2.75, 3.05) is 31.1 Å². The summed E-state index contributed by atoms with van der Waals surface area (Å²) in [5.74, 6) is 2.44. The summed E-state index contributed by atoms with van der Waals surface area (Å²) in [4.78, 5) is 23.9. The Labute approximate surface area is 274 Å². The second kappa shape index (κ2) is 16.5. The summed E-state index contributed by atoms with van der Waals surface area (Å²) in [6.07, 6.45) is 3.85. The number of hydrogen-bond acceptors (Lipinski definition) is 6. The number of carbonyl (C=O) groups excluding carboxylic acids is 1. The topological polar surface area (TPSA) is 67.4 Å². The number of halogens is 1. The highest BCUT2D eigenvalue weighted by molar-refractivity contribution is 7.98. The Kier molecular flexibility index (Phi) is 13.4. The summed E-state index contributed by atoms with van der Waals surface area (Å²) >= 11 is 7.79. The molecule has 0 saturated heterocycles. The molecular formula is C36H51ClN4O2S. The molecule has 0 bridgehead atoms. The van der Waals surface area contributed by atoms with Gasteiger partial charge in [-0.15, -0.1) is 0 Å². The number of anilines is 1. The average molecular weight is 639 g/mol. The second-order valence-electron chi connectivity index (χ2n) is 12.5. The van der Waals surface area contributed by atoms with Crippen LogP contribution in [-0.2, 0) is 16.6 Å². The molecule has 0 aliphatic heterocycles. The van der Waals surface area contributed by atoms with Gasteiger partial charge in [-0.05, 0) is 79.7 Å². The van der Waals surface area contributed by atoms with Gasteiger partial charge in [-0.3, -0.25) is 4.79 Å². The van der Waals surface area contributed by atoms with E-state index in [1.54, 1.807) is 6.07 Å². The van der Waals surface area contributed by atoms with Gasteiger partial charge in [0.05, 0.1) is 6.61 Å². The lowest BCUT2D eigenvalue weighted by molar-refractivity contribution is 0.0952. The molecule has 0 fully saturated rings. The molecule has 6 nitrogen and oxygen atoms in total. The molecule has 1 amide bonds. The Morgan fingerprint density at radius 1 is 0.909 bits per heavy atom. The van der Waals surface area contributed by atoms with E-state index >= 15 is 0 Å². The van der Waals surface area contributed by atoms with Crippen molar-refractivity contribution < 1.29 is 9.53 Å². The number of amides is 1. The van der Waals surface area contributed by atoms with Gasteiger partial charge in [0.2, 0.25) is 0 Å². The van der Waals surface area contributed by atoms with Gasteiger partial charge in [0, 0.05) is 42.6 Å². The van der Waals surface area contributed by atoms with Crippen molar-refractivity contribution in [1.29, 1.82) is 0 Å². The molecule has 3 rings (SSSR count). The van der Waals surface area contributed by atoms with Crippen molar-refractivity contribution in [3.8, 4) is 5.75 Å². The standard InChI is InChI=1S/C36H51ClN4O2S/c1-9-35(5,6)28-19-20-30(29(23-28)36(7,8)10-2)43-22-14-13-21-38-33(42)27-17-15-26(16-18-27)25-44-34-39-31(37)24-32(40-34)41(11-3)12-4/h15-20,23-24H,9-14,21-22,25H2,1-8H3,(H,38,42). The fourth-order valence-electron chi connectivity index (χ4n) is 4.77. The lowest BCUT2D eigenvalue weighted by atomic mass is 9.76.